The number of halogens is 1. The van der Waals surface area contributed by atoms with Crippen LogP contribution in [0.25, 0.3) is 16.5 Å². The highest BCUT2D eigenvalue weighted by Crippen LogP contribution is 2.36. The topological polar surface area (TPSA) is 53.2 Å². The van der Waals surface area contributed by atoms with E-state index in [2.05, 4.69) is 20.9 Å². The molecule has 1 N–H and O–H groups in total. The Bertz CT molecular complexity index is 989. The van der Waals surface area contributed by atoms with Crippen LogP contribution in [0.1, 0.15) is 11.1 Å². The Balaban J connectivity index is 1.74. The van der Waals surface area contributed by atoms with Crippen LogP contribution in [-0.2, 0) is 16.1 Å². The molecular formula is C19H13BrN2O2. The maximum absolute atomic E-state index is 12.9. The quantitative estimate of drug-likeness (QED) is 0.701. The molecule has 24 heavy (non-hydrogen) atoms. The number of nitrogens with zero attached hydrogens (tertiary/aromatic N) is 1. The first-order chi connectivity index (χ1) is 11.7. The van der Waals surface area contributed by atoms with Crippen LogP contribution in [0.15, 0.2) is 65.3 Å². The standard InChI is InChI=1S/C19H13BrN2O2/c20-17-16(14-10-21-15-9-5-4-8-13(14)15)18(23)22(19(17)24)11-12-6-2-1-3-7-12/h1-10,21H,11H2. The first kappa shape index (κ1) is 14.9. The predicted molar refractivity (Wildman–Crippen MR) is 96.1 cm³/mol. The molecular weight excluding hydrogens is 368 g/mol. The van der Waals surface area contributed by atoms with Crippen molar-refractivity contribution in [2.75, 3.05) is 0 Å². The van der Waals surface area contributed by atoms with Gasteiger partial charge in [0.25, 0.3) is 11.8 Å². The number of carbonyl (C=O) groups is 2. The molecule has 0 radical (unpaired) electrons. The van der Waals surface area contributed by atoms with Gasteiger partial charge in [-0.1, -0.05) is 48.5 Å². The van der Waals surface area contributed by atoms with Crippen molar-refractivity contribution >= 4 is 44.2 Å². The number of amides is 2. The van der Waals surface area contributed by atoms with Crippen LogP contribution in [0.4, 0.5) is 0 Å². The lowest BCUT2D eigenvalue weighted by atomic mass is 10.1. The van der Waals surface area contributed by atoms with Gasteiger partial charge >= 0.3 is 0 Å². The van der Waals surface area contributed by atoms with E-state index in [1.165, 1.54) is 4.90 Å². The molecule has 4 nitrogen and oxygen atoms in total. The molecule has 0 saturated heterocycles. The Morgan fingerprint density at radius 2 is 1.62 bits per heavy atom. The molecule has 5 heteroatoms. The van der Waals surface area contributed by atoms with Crippen molar-refractivity contribution in [3.8, 4) is 0 Å². The van der Waals surface area contributed by atoms with E-state index in [1.54, 1.807) is 6.20 Å². The number of benzene rings is 2. The first-order valence-electron chi connectivity index (χ1n) is 7.53. The van der Waals surface area contributed by atoms with Crippen molar-refractivity contribution in [3.63, 3.8) is 0 Å². The van der Waals surface area contributed by atoms with Crippen LogP contribution in [0.2, 0.25) is 0 Å². The second kappa shape index (κ2) is 5.76. The fourth-order valence-electron chi connectivity index (χ4n) is 2.97. The molecule has 0 bridgehead atoms. The number of fused-ring (bicyclic) bond motifs is 1. The summed E-state index contributed by atoms with van der Waals surface area (Å²) in [6, 6.07) is 17.2. The average Bonchev–Trinajstić information content (AvgIpc) is 3.11. The van der Waals surface area contributed by atoms with E-state index in [4.69, 9.17) is 0 Å². The Labute approximate surface area is 146 Å². The van der Waals surface area contributed by atoms with Gasteiger partial charge in [0.1, 0.15) is 0 Å². The lowest BCUT2D eigenvalue weighted by molar-refractivity contribution is -0.137. The number of aromatic nitrogens is 1. The van der Waals surface area contributed by atoms with Crippen LogP contribution in [-0.4, -0.2) is 21.7 Å². The fourth-order valence-corrected chi connectivity index (χ4v) is 3.57. The number of para-hydroxylation sites is 1. The zero-order valence-electron chi connectivity index (χ0n) is 12.6. The summed E-state index contributed by atoms with van der Waals surface area (Å²) in [6.45, 7) is 0.263. The summed E-state index contributed by atoms with van der Waals surface area (Å²) in [7, 11) is 0. The molecule has 3 aromatic rings. The fraction of sp³-hybridized carbons (Fsp3) is 0.0526. The Morgan fingerprint density at radius 1 is 0.917 bits per heavy atom. The van der Waals surface area contributed by atoms with Crippen LogP contribution >= 0.6 is 15.9 Å². The first-order valence-corrected chi connectivity index (χ1v) is 8.32. The highest BCUT2D eigenvalue weighted by atomic mass is 79.9. The van der Waals surface area contributed by atoms with Crippen LogP contribution in [0, 0.1) is 0 Å². The SMILES string of the molecule is O=C1C(Br)=C(c2c[nH]c3ccccc23)C(=O)N1Cc1ccccc1. The zero-order chi connectivity index (χ0) is 16.7. The van der Waals surface area contributed by atoms with Gasteiger partial charge in [-0.25, -0.2) is 0 Å². The van der Waals surface area contributed by atoms with Crippen molar-refractivity contribution in [1.82, 2.24) is 9.88 Å². The van der Waals surface area contributed by atoms with Gasteiger partial charge in [-0.05, 0) is 27.6 Å². The number of rotatable bonds is 3. The molecule has 0 fully saturated rings. The monoisotopic (exact) mass is 380 g/mol. The summed E-state index contributed by atoms with van der Waals surface area (Å²) in [5.41, 5.74) is 3.00. The van der Waals surface area contributed by atoms with E-state index in [1.807, 2.05) is 54.6 Å². The lowest BCUT2D eigenvalue weighted by Crippen LogP contribution is -2.30. The Morgan fingerprint density at radius 3 is 2.42 bits per heavy atom. The number of carbonyl (C=O) groups excluding carboxylic acids is 2. The number of aromatic amines is 1. The third-order valence-electron chi connectivity index (χ3n) is 4.15. The van der Waals surface area contributed by atoms with Crippen LogP contribution < -0.4 is 0 Å². The van der Waals surface area contributed by atoms with E-state index in [0.717, 1.165) is 22.0 Å². The normalized spacial score (nSPS) is 15.0. The van der Waals surface area contributed by atoms with E-state index >= 15 is 0 Å². The smallest absolute Gasteiger partial charge is 0.268 e. The number of hydrogen-bond acceptors (Lipinski definition) is 2. The summed E-state index contributed by atoms with van der Waals surface area (Å²) in [4.78, 5) is 29.9. The van der Waals surface area contributed by atoms with Gasteiger partial charge in [0, 0.05) is 22.7 Å². The molecule has 1 aliphatic rings. The van der Waals surface area contributed by atoms with Crippen molar-refractivity contribution in [3.05, 3.63) is 76.4 Å². The van der Waals surface area contributed by atoms with E-state index in [0.29, 0.717) is 10.1 Å². The Kier molecular flexibility index (Phi) is 3.58. The molecule has 118 valence electrons. The molecule has 4 rings (SSSR count). The Hall–Kier alpha value is -2.66. The minimum absolute atomic E-state index is 0.263. The summed E-state index contributed by atoms with van der Waals surface area (Å²) < 4.78 is 0.313. The molecule has 0 atom stereocenters. The van der Waals surface area contributed by atoms with Crippen molar-refractivity contribution in [1.29, 1.82) is 0 Å². The second-order valence-corrected chi connectivity index (χ2v) is 6.41. The average molecular weight is 381 g/mol. The van der Waals surface area contributed by atoms with Gasteiger partial charge in [0.2, 0.25) is 0 Å². The van der Waals surface area contributed by atoms with E-state index < -0.39 is 0 Å². The third kappa shape index (κ3) is 2.29. The molecule has 0 unspecified atom stereocenters. The number of imide groups is 1. The van der Waals surface area contributed by atoms with Crippen molar-refractivity contribution in [2.45, 2.75) is 6.54 Å². The molecule has 1 aromatic heterocycles. The molecule has 2 heterocycles. The minimum Gasteiger partial charge on any atom is -0.361 e. The molecule has 0 spiro atoms. The third-order valence-corrected chi connectivity index (χ3v) is 4.89. The molecule has 0 saturated carbocycles. The molecule has 1 aliphatic heterocycles. The van der Waals surface area contributed by atoms with E-state index in [9.17, 15) is 9.59 Å². The van der Waals surface area contributed by atoms with E-state index in [-0.39, 0.29) is 18.4 Å². The van der Waals surface area contributed by atoms with Gasteiger partial charge in [0.05, 0.1) is 16.6 Å². The van der Waals surface area contributed by atoms with Gasteiger partial charge < -0.3 is 4.98 Å². The predicted octanol–water partition coefficient (Wildman–Crippen LogP) is 3.84. The number of hydrogen-bond donors (Lipinski definition) is 1. The summed E-state index contributed by atoms with van der Waals surface area (Å²) >= 11 is 3.33. The van der Waals surface area contributed by atoms with Crippen LogP contribution in [0.3, 0.4) is 0 Å². The van der Waals surface area contributed by atoms with Gasteiger partial charge in [0.15, 0.2) is 0 Å². The minimum atomic E-state index is -0.302. The molecule has 2 aromatic carbocycles. The largest absolute Gasteiger partial charge is 0.361 e. The summed E-state index contributed by atoms with van der Waals surface area (Å²) in [6.07, 6.45) is 1.78. The maximum atomic E-state index is 12.9. The zero-order valence-corrected chi connectivity index (χ0v) is 14.2. The number of H-pyrrole nitrogens is 1. The number of nitrogens with one attached hydrogen (secondary N) is 1. The van der Waals surface area contributed by atoms with Gasteiger partial charge in [-0.3, -0.25) is 14.5 Å². The second-order valence-electron chi connectivity index (χ2n) is 5.62. The van der Waals surface area contributed by atoms with Gasteiger partial charge in [-0.2, -0.15) is 0 Å². The lowest BCUT2D eigenvalue weighted by Gasteiger charge is -2.14. The summed E-state index contributed by atoms with van der Waals surface area (Å²) in [5, 5.41) is 0.923. The highest BCUT2D eigenvalue weighted by Gasteiger charge is 2.38. The maximum Gasteiger partial charge on any atom is 0.268 e. The highest BCUT2D eigenvalue weighted by molar-refractivity contribution is 9.12. The van der Waals surface area contributed by atoms with Crippen molar-refractivity contribution in [2.24, 2.45) is 0 Å². The summed E-state index contributed by atoms with van der Waals surface area (Å²) in [5.74, 6) is -0.579. The molecule has 0 aliphatic carbocycles. The molecule has 2 amide bonds. The van der Waals surface area contributed by atoms with Crippen molar-refractivity contribution < 1.29 is 9.59 Å². The van der Waals surface area contributed by atoms with Crippen LogP contribution in [0.5, 0.6) is 0 Å². The van der Waals surface area contributed by atoms with Gasteiger partial charge in [-0.15, -0.1) is 0 Å².